The molecule has 4 heteroatoms. The Morgan fingerprint density at radius 3 is 2.67 bits per heavy atom. The van der Waals surface area contributed by atoms with E-state index in [1.807, 2.05) is 6.08 Å². The van der Waals surface area contributed by atoms with Gasteiger partial charge in [0.25, 0.3) is 0 Å². The topological polar surface area (TPSA) is 37.3 Å². The zero-order valence-electron chi connectivity index (χ0n) is 11.1. The molecule has 21 heavy (non-hydrogen) atoms. The number of benzene rings is 2. The summed E-state index contributed by atoms with van der Waals surface area (Å²) in [6.07, 6.45) is 3.57. The van der Waals surface area contributed by atoms with Gasteiger partial charge in [0.1, 0.15) is 5.82 Å². The van der Waals surface area contributed by atoms with E-state index in [0.717, 1.165) is 29.5 Å². The fourth-order valence-electron chi connectivity index (χ4n) is 2.62. The number of aryl methyl sites for hydroxylation is 1. The molecule has 0 unspecified atom stereocenters. The highest BCUT2D eigenvalue weighted by molar-refractivity contribution is 6.30. The quantitative estimate of drug-likeness (QED) is 0.883. The molecule has 0 fully saturated rings. The lowest BCUT2D eigenvalue weighted by Gasteiger charge is -2.19. The molecular weight excluding hydrogens is 291 g/mol. The molecule has 0 heterocycles. The zero-order chi connectivity index (χ0) is 15.0. The second-order valence-electron chi connectivity index (χ2n) is 4.96. The first-order valence-electron chi connectivity index (χ1n) is 6.58. The van der Waals surface area contributed by atoms with Gasteiger partial charge in [0.05, 0.1) is 5.56 Å². The van der Waals surface area contributed by atoms with Crippen molar-refractivity contribution >= 4 is 23.1 Å². The van der Waals surface area contributed by atoms with Crippen LogP contribution >= 0.6 is 11.6 Å². The van der Waals surface area contributed by atoms with Crippen LogP contribution in [0.25, 0.3) is 5.57 Å². The smallest absolute Gasteiger partial charge is 0.335 e. The fraction of sp³-hybridized carbons (Fsp3) is 0.118. The van der Waals surface area contributed by atoms with Crippen LogP contribution < -0.4 is 0 Å². The van der Waals surface area contributed by atoms with Crippen molar-refractivity contribution in [1.29, 1.82) is 0 Å². The summed E-state index contributed by atoms with van der Waals surface area (Å²) in [6, 6.07) is 9.54. The van der Waals surface area contributed by atoms with Crippen LogP contribution in [-0.2, 0) is 6.42 Å². The lowest BCUT2D eigenvalue weighted by molar-refractivity contribution is 0.0697. The van der Waals surface area contributed by atoms with Gasteiger partial charge >= 0.3 is 5.97 Å². The summed E-state index contributed by atoms with van der Waals surface area (Å²) in [4.78, 5) is 11.1. The highest BCUT2D eigenvalue weighted by atomic mass is 35.5. The van der Waals surface area contributed by atoms with Crippen molar-refractivity contribution in [1.82, 2.24) is 0 Å². The normalized spacial score (nSPS) is 13.5. The standard InChI is InChI=1S/C17H12ClFO2/c18-12-6-7-14(16(19)9-12)13-3-1-2-10-4-5-11(17(20)21)8-15(10)13/h3-9H,1-2H2,(H,20,21). The summed E-state index contributed by atoms with van der Waals surface area (Å²) < 4.78 is 14.1. The van der Waals surface area contributed by atoms with E-state index in [9.17, 15) is 9.18 Å². The first kappa shape index (κ1) is 13.8. The summed E-state index contributed by atoms with van der Waals surface area (Å²) in [5.41, 5.74) is 3.20. The average molecular weight is 303 g/mol. The highest BCUT2D eigenvalue weighted by Gasteiger charge is 2.18. The van der Waals surface area contributed by atoms with Crippen molar-refractivity contribution < 1.29 is 14.3 Å². The monoisotopic (exact) mass is 302 g/mol. The molecule has 0 atom stereocenters. The molecule has 1 N–H and O–H groups in total. The number of carboxylic acids is 1. The van der Waals surface area contributed by atoms with E-state index in [0.29, 0.717) is 10.6 Å². The molecular formula is C17H12ClFO2. The molecule has 0 spiro atoms. The lowest BCUT2D eigenvalue weighted by Crippen LogP contribution is -2.05. The number of hydrogen-bond donors (Lipinski definition) is 1. The first-order valence-corrected chi connectivity index (χ1v) is 6.96. The average Bonchev–Trinajstić information content (AvgIpc) is 2.46. The largest absolute Gasteiger partial charge is 0.478 e. The molecule has 0 amide bonds. The molecule has 0 saturated carbocycles. The molecule has 0 radical (unpaired) electrons. The SMILES string of the molecule is O=C(O)c1ccc2c(c1)C(c1ccc(Cl)cc1F)=CCC2. The van der Waals surface area contributed by atoms with Gasteiger partial charge in [-0.1, -0.05) is 23.7 Å². The number of carboxylic acid groups (broad SMARTS) is 1. The minimum atomic E-state index is -0.987. The summed E-state index contributed by atoms with van der Waals surface area (Å²) in [6.45, 7) is 0. The van der Waals surface area contributed by atoms with E-state index in [1.165, 1.54) is 6.07 Å². The van der Waals surface area contributed by atoms with Crippen LogP contribution in [0.3, 0.4) is 0 Å². The van der Waals surface area contributed by atoms with Crippen molar-refractivity contribution in [3.05, 3.63) is 75.6 Å². The molecule has 0 aliphatic heterocycles. The molecule has 1 aliphatic rings. The summed E-state index contributed by atoms with van der Waals surface area (Å²) in [5, 5.41) is 9.46. The van der Waals surface area contributed by atoms with E-state index in [1.54, 1.807) is 30.3 Å². The van der Waals surface area contributed by atoms with Gasteiger partial charge in [-0.05, 0) is 59.9 Å². The Bertz CT molecular complexity index is 765. The summed E-state index contributed by atoms with van der Waals surface area (Å²) in [7, 11) is 0. The molecule has 0 bridgehead atoms. The second kappa shape index (κ2) is 5.34. The maximum atomic E-state index is 14.1. The third kappa shape index (κ3) is 2.57. The van der Waals surface area contributed by atoms with Gasteiger partial charge in [-0.3, -0.25) is 0 Å². The van der Waals surface area contributed by atoms with Gasteiger partial charge in [-0.25, -0.2) is 9.18 Å². The zero-order valence-corrected chi connectivity index (χ0v) is 11.8. The highest BCUT2D eigenvalue weighted by Crippen LogP contribution is 2.34. The minimum Gasteiger partial charge on any atom is -0.478 e. The number of allylic oxidation sites excluding steroid dienone is 1. The molecule has 0 aromatic heterocycles. The first-order chi connectivity index (χ1) is 10.1. The lowest BCUT2D eigenvalue weighted by atomic mass is 9.86. The van der Waals surface area contributed by atoms with Crippen molar-refractivity contribution in [2.45, 2.75) is 12.8 Å². The third-order valence-electron chi connectivity index (χ3n) is 3.63. The summed E-state index contributed by atoms with van der Waals surface area (Å²) in [5.74, 6) is -1.39. The van der Waals surface area contributed by atoms with Gasteiger partial charge in [0.15, 0.2) is 0 Å². The molecule has 2 aromatic rings. The van der Waals surface area contributed by atoms with E-state index < -0.39 is 11.8 Å². The molecule has 0 saturated heterocycles. The van der Waals surface area contributed by atoms with Crippen molar-refractivity contribution in [3.8, 4) is 0 Å². The van der Waals surface area contributed by atoms with Crippen LogP contribution in [0, 0.1) is 5.82 Å². The molecule has 2 aromatic carbocycles. The predicted octanol–water partition coefficient (Wildman–Crippen LogP) is 4.56. The number of carbonyl (C=O) groups is 1. The number of halogens is 2. The van der Waals surface area contributed by atoms with Crippen molar-refractivity contribution in [2.75, 3.05) is 0 Å². The Balaban J connectivity index is 2.16. The minimum absolute atomic E-state index is 0.205. The van der Waals surface area contributed by atoms with Crippen molar-refractivity contribution in [2.24, 2.45) is 0 Å². The van der Waals surface area contributed by atoms with Crippen LogP contribution in [0.2, 0.25) is 5.02 Å². The number of rotatable bonds is 2. The maximum absolute atomic E-state index is 14.1. The Hall–Kier alpha value is -2.13. The van der Waals surface area contributed by atoms with E-state index >= 15 is 0 Å². The fourth-order valence-corrected chi connectivity index (χ4v) is 2.78. The molecule has 106 valence electrons. The van der Waals surface area contributed by atoms with Gasteiger partial charge in [0.2, 0.25) is 0 Å². The van der Waals surface area contributed by atoms with Crippen LogP contribution in [0.1, 0.15) is 33.5 Å². The van der Waals surface area contributed by atoms with Crippen LogP contribution in [0.4, 0.5) is 4.39 Å². The summed E-state index contributed by atoms with van der Waals surface area (Å²) >= 11 is 5.79. The van der Waals surface area contributed by atoms with Gasteiger partial charge in [-0.2, -0.15) is 0 Å². The van der Waals surface area contributed by atoms with Crippen LogP contribution in [0.5, 0.6) is 0 Å². The Morgan fingerprint density at radius 1 is 1.14 bits per heavy atom. The Labute approximate surface area is 126 Å². The molecule has 3 rings (SSSR count). The van der Waals surface area contributed by atoms with Gasteiger partial charge in [-0.15, -0.1) is 0 Å². The van der Waals surface area contributed by atoms with Gasteiger partial charge in [0, 0.05) is 10.6 Å². The second-order valence-corrected chi connectivity index (χ2v) is 5.39. The van der Waals surface area contributed by atoms with E-state index in [-0.39, 0.29) is 5.56 Å². The van der Waals surface area contributed by atoms with Crippen LogP contribution in [-0.4, -0.2) is 11.1 Å². The Kier molecular flexibility index (Phi) is 3.52. The van der Waals surface area contributed by atoms with E-state index in [2.05, 4.69) is 0 Å². The number of aromatic carboxylic acids is 1. The number of hydrogen-bond acceptors (Lipinski definition) is 1. The number of fused-ring (bicyclic) bond motifs is 1. The molecule has 2 nitrogen and oxygen atoms in total. The maximum Gasteiger partial charge on any atom is 0.335 e. The van der Waals surface area contributed by atoms with Crippen LogP contribution in [0.15, 0.2) is 42.5 Å². The Morgan fingerprint density at radius 2 is 1.95 bits per heavy atom. The predicted molar refractivity (Wildman–Crippen MR) is 80.2 cm³/mol. The third-order valence-corrected chi connectivity index (χ3v) is 3.87. The molecule has 1 aliphatic carbocycles. The van der Waals surface area contributed by atoms with Crippen molar-refractivity contribution in [3.63, 3.8) is 0 Å². The van der Waals surface area contributed by atoms with Gasteiger partial charge < -0.3 is 5.11 Å². The van der Waals surface area contributed by atoms with E-state index in [4.69, 9.17) is 16.7 Å².